The second-order valence-electron chi connectivity index (χ2n) is 7.28. The Bertz CT molecular complexity index is 856. The second-order valence-corrected chi connectivity index (χ2v) is 8.14. The van der Waals surface area contributed by atoms with Crippen LogP contribution in [0.2, 0.25) is 0 Å². The summed E-state index contributed by atoms with van der Waals surface area (Å²) in [6.07, 6.45) is -0.913. The van der Waals surface area contributed by atoms with Crippen molar-refractivity contribution in [2.45, 2.75) is 58.4 Å². The van der Waals surface area contributed by atoms with Gasteiger partial charge in [0.2, 0.25) is 5.91 Å². The minimum absolute atomic E-state index is 0.109. The van der Waals surface area contributed by atoms with Crippen molar-refractivity contribution in [2.24, 2.45) is 5.92 Å². The molecule has 2 heterocycles. The number of amides is 1. The fourth-order valence-corrected chi connectivity index (χ4v) is 3.59. The molecule has 1 fully saturated rings. The molecule has 1 unspecified atom stereocenters. The Kier molecular flexibility index (Phi) is 5.88. The lowest BCUT2D eigenvalue weighted by atomic mass is 10.1. The Hall–Kier alpha value is -1.84. The quantitative estimate of drug-likeness (QED) is 0.624. The van der Waals surface area contributed by atoms with E-state index >= 15 is 0 Å². The second kappa shape index (κ2) is 7.88. The smallest absolute Gasteiger partial charge is 0.339 e. The van der Waals surface area contributed by atoms with Gasteiger partial charge in [0, 0.05) is 31.4 Å². The van der Waals surface area contributed by atoms with Gasteiger partial charge in [0.25, 0.3) is 0 Å². The van der Waals surface area contributed by atoms with Crippen molar-refractivity contribution in [2.75, 3.05) is 7.05 Å². The van der Waals surface area contributed by atoms with E-state index in [9.17, 15) is 18.0 Å². The minimum Gasteiger partial charge on any atom is -0.339 e. The molecular weight excluding hydrogens is 439 g/mol. The van der Waals surface area contributed by atoms with Crippen molar-refractivity contribution < 1.29 is 18.0 Å². The molecule has 0 saturated heterocycles. The van der Waals surface area contributed by atoms with Crippen molar-refractivity contribution in [1.82, 2.24) is 24.5 Å². The van der Waals surface area contributed by atoms with Gasteiger partial charge in [-0.1, -0.05) is 6.92 Å². The fraction of sp³-hybridized carbons (Fsp3) is 0.611. The summed E-state index contributed by atoms with van der Waals surface area (Å²) in [7, 11) is 1.67. The Labute approximate surface area is 169 Å². The Morgan fingerprint density at radius 1 is 1.39 bits per heavy atom. The SMILES string of the molecule is CCn1cc(Br)c(CN(C)C(=O)C(C)Cn2nc(C(F)(F)F)cc2C2CC2)n1. The molecule has 6 nitrogen and oxygen atoms in total. The summed E-state index contributed by atoms with van der Waals surface area (Å²) in [5.74, 6) is -0.558. The summed E-state index contributed by atoms with van der Waals surface area (Å²) in [5, 5.41) is 8.14. The van der Waals surface area contributed by atoms with Gasteiger partial charge >= 0.3 is 6.18 Å². The molecule has 3 rings (SSSR count). The highest BCUT2D eigenvalue weighted by atomic mass is 79.9. The molecule has 0 aromatic carbocycles. The molecule has 2 aromatic rings. The van der Waals surface area contributed by atoms with Crippen LogP contribution in [-0.4, -0.2) is 37.4 Å². The molecule has 1 saturated carbocycles. The standard InChI is InChI=1S/C18H23BrF3N5O/c1-4-26-9-13(19)14(23-26)10-25(3)17(28)11(2)8-27-15(12-5-6-12)7-16(24-27)18(20,21)22/h7,9,11-12H,4-6,8,10H2,1-3H3. The number of aryl methyl sites for hydroxylation is 1. The van der Waals surface area contributed by atoms with Gasteiger partial charge in [0.15, 0.2) is 5.69 Å². The highest BCUT2D eigenvalue weighted by molar-refractivity contribution is 9.10. The van der Waals surface area contributed by atoms with Crippen LogP contribution in [0.15, 0.2) is 16.7 Å². The maximum Gasteiger partial charge on any atom is 0.435 e. The minimum atomic E-state index is -4.48. The lowest BCUT2D eigenvalue weighted by Gasteiger charge is -2.21. The molecule has 0 N–H and O–H groups in total. The van der Waals surface area contributed by atoms with Gasteiger partial charge < -0.3 is 4.90 Å². The zero-order chi connectivity index (χ0) is 20.6. The normalized spacial score (nSPS) is 15.7. The van der Waals surface area contributed by atoms with E-state index in [-0.39, 0.29) is 18.4 Å². The number of aromatic nitrogens is 4. The van der Waals surface area contributed by atoms with Crippen LogP contribution >= 0.6 is 15.9 Å². The summed E-state index contributed by atoms with van der Waals surface area (Å²) in [6, 6.07) is 1.12. The molecule has 0 aliphatic heterocycles. The maximum atomic E-state index is 13.0. The number of hydrogen-bond acceptors (Lipinski definition) is 3. The van der Waals surface area contributed by atoms with Crippen LogP contribution in [-0.2, 0) is 30.6 Å². The monoisotopic (exact) mass is 461 g/mol. The van der Waals surface area contributed by atoms with E-state index in [2.05, 4.69) is 26.1 Å². The van der Waals surface area contributed by atoms with Crippen LogP contribution in [0.25, 0.3) is 0 Å². The topological polar surface area (TPSA) is 56.0 Å². The number of nitrogens with zero attached hydrogens (tertiary/aromatic N) is 5. The number of carbonyl (C=O) groups excluding carboxylic acids is 1. The Morgan fingerprint density at radius 2 is 2.07 bits per heavy atom. The number of halogens is 4. The first-order valence-corrected chi connectivity index (χ1v) is 10.0. The average Bonchev–Trinajstić information content (AvgIpc) is 3.28. The number of rotatable bonds is 7. The molecule has 2 aromatic heterocycles. The highest BCUT2D eigenvalue weighted by Gasteiger charge is 2.38. The van der Waals surface area contributed by atoms with Crippen molar-refractivity contribution in [3.63, 3.8) is 0 Å². The van der Waals surface area contributed by atoms with Gasteiger partial charge in [-0.15, -0.1) is 0 Å². The summed E-state index contributed by atoms with van der Waals surface area (Å²) in [5.41, 5.74) is 0.414. The van der Waals surface area contributed by atoms with Crippen molar-refractivity contribution in [3.8, 4) is 0 Å². The van der Waals surface area contributed by atoms with E-state index in [4.69, 9.17) is 0 Å². The Morgan fingerprint density at radius 3 is 2.61 bits per heavy atom. The third-order valence-electron chi connectivity index (χ3n) is 4.84. The van der Waals surface area contributed by atoms with E-state index < -0.39 is 17.8 Å². The lowest BCUT2D eigenvalue weighted by molar-refractivity contribution is -0.141. The van der Waals surface area contributed by atoms with Crippen LogP contribution in [0.4, 0.5) is 13.2 Å². The van der Waals surface area contributed by atoms with Crippen molar-refractivity contribution in [3.05, 3.63) is 33.8 Å². The first-order chi connectivity index (χ1) is 13.1. The number of alkyl halides is 3. The molecule has 1 aliphatic carbocycles. The van der Waals surface area contributed by atoms with E-state index in [0.29, 0.717) is 12.2 Å². The van der Waals surface area contributed by atoms with E-state index in [1.807, 2.05) is 13.1 Å². The molecule has 28 heavy (non-hydrogen) atoms. The summed E-state index contributed by atoms with van der Waals surface area (Å²) in [6.45, 7) is 4.84. The van der Waals surface area contributed by atoms with Gasteiger partial charge in [-0.25, -0.2) is 0 Å². The molecule has 0 bridgehead atoms. The third-order valence-corrected chi connectivity index (χ3v) is 5.50. The van der Waals surface area contributed by atoms with Crippen LogP contribution < -0.4 is 0 Å². The van der Waals surface area contributed by atoms with Crippen molar-refractivity contribution in [1.29, 1.82) is 0 Å². The first kappa shape index (κ1) is 20.9. The fourth-order valence-electron chi connectivity index (χ4n) is 3.15. The van der Waals surface area contributed by atoms with E-state index in [1.165, 1.54) is 4.68 Å². The predicted octanol–water partition coefficient (Wildman–Crippen LogP) is 4.05. The summed E-state index contributed by atoms with van der Waals surface area (Å²) >= 11 is 3.44. The van der Waals surface area contributed by atoms with Gasteiger partial charge in [-0.3, -0.25) is 14.2 Å². The molecule has 10 heteroatoms. The first-order valence-electron chi connectivity index (χ1n) is 9.21. The highest BCUT2D eigenvalue weighted by Crippen LogP contribution is 2.42. The van der Waals surface area contributed by atoms with Gasteiger partial charge in [0.1, 0.15) is 0 Å². The maximum absolute atomic E-state index is 13.0. The molecule has 0 radical (unpaired) electrons. The Balaban J connectivity index is 1.70. The van der Waals surface area contributed by atoms with Crippen LogP contribution in [0, 0.1) is 5.92 Å². The molecule has 1 aliphatic rings. The molecular formula is C18H23BrF3N5O. The predicted molar refractivity (Wildman–Crippen MR) is 100 cm³/mol. The largest absolute Gasteiger partial charge is 0.435 e. The van der Waals surface area contributed by atoms with Crippen LogP contribution in [0.5, 0.6) is 0 Å². The van der Waals surface area contributed by atoms with E-state index in [0.717, 1.165) is 35.6 Å². The molecule has 154 valence electrons. The lowest BCUT2D eigenvalue weighted by Crippen LogP contribution is -2.34. The average molecular weight is 462 g/mol. The van der Waals surface area contributed by atoms with Gasteiger partial charge in [-0.05, 0) is 41.8 Å². The molecule has 1 atom stereocenters. The molecule has 1 amide bonds. The van der Waals surface area contributed by atoms with Gasteiger partial charge in [0.05, 0.1) is 29.2 Å². The van der Waals surface area contributed by atoms with Crippen LogP contribution in [0.3, 0.4) is 0 Å². The van der Waals surface area contributed by atoms with Crippen LogP contribution in [0.1, 0.15) is 49.7 Å². The zero-order valence-electron chi connectivity index (χ0n) is 16.0. The molecule has 0 spiro atoms. The summed E-state index contributed by atoms with van der Waals surface area (Å²) < 4.78 is 43.1. The third kappa shape index (κ3) is 4.59. The van der Waals surface area contributed by atoms with Crippen molar-refractivity contribution >= 4 is 21.8 Å². The van der Waals surface area contributed by atoms with Gasteiger partial charge in [-0.2, -0.15) is 23.4 Å². The number of hydrogen-bond donors (Lipinski definition) is 0. The zero-order valence-corrected chi connectivity index (χ0v) is 17.6. The summed E-state index contributed by atoms with van der Waals surface area (Å²) in [4.78, 5) is 14.3. The number of carbonyl (C=O) groups is 1. The van der Waals surface area contributed by atoms with E-state index in [1.54, 1.807) is 23.6 Å².